The summed E-state index contributed by atoms with van der Waals surface area (Å²) in [5.74, 6) is -0.361. The summed E-state index contributed by atoms with van der Waals surface area (Å²) in [5, 5.41) is 0. The molecule has 0 amide bonds. The summed E-state index contributed by atoms with van der Waals surface area (Å²) in [6.07, 6.45) is 1.50. The summed E-state index contributed by atoms with van der Waals surface area (Å²) in [5.41, 5.74) is 2.10. The molecule has 0 bridgehead atoms. The molecule has 0 saturated heterocycles. The lowest BCUT2D eigenvalue weighted by atomic mass is 10.1. The van der Waals surface area contributed by atoms with Crippen LogP contribution >= 0.6 is 0 Å². The van der Waals surface area contributed by atoms with Gasteiger partial charge in [0.25, 0.3) is 0 Å². The number of hydrogen-bond donors (Lipinski definition) is 0. The normalized spacial score (nSPS) is 10.2. The van der Waals surface area contributed by atoms with Gasteiger partial charge in [0.15, 0.2) is 0 Å². The molecule has 0 heterocycles. The van der Waals surface area contributed by atoms with Crippen LogP contribution in [0.5, 0.6) is 0 Å². The van der Waals surface area contributed by atoms with Crippen molar-refractivity contribution in [2.24, 2.45) is 0 Å². The largest absolute Gasteiger partial charge is 0.372 e. The van der Waals surface area contributed by atoms with Gasteiger partial charge in [0.1, 0.15) is 12.1 Å². The van der Waals surface area contributed by atoms with Crippen LogP contribution in [0.3, 0.4) is 0 Å². The molecule has 0 unspecified atom stereocenters. The number of nitrogens with zero attached hydrogens (tertiary/aromatic N) is 1. The van der Waals surface area contributed by atoms with Crippen molar-refractivity contribution in [3.05, 3.63) is 65.5 Å². The van der Waals surface area contributed by atoms with Gasteiger partial charge >= 0.3 is 0 Å². The molecule has 0 aliphatic rings. The van der Waals surface area contributed by atoms with Crippen LogP contribution < -0.4 is 4.90 Å². The molecule has 2 aromatic carbocycles. The Morgan fingerprint density at radius 1 is 1.16 bits per heavy atom. The Balaban J connectivity index is 2.04. The van der Waals surface area contributed by atoms with Crippen molar-refractivity contribution in [1.82, 2.24) is 0 Å². The number of likely N-dealkylation sites (N-methyl/N-ethyl adjacent to an activating group) is 1. The summed E-state index contributed by atoms with van der Waals surface area (Å²) in [4.78, 5) is 12.4. The van der Waals surface area contributed by atoms with E-state index in [2.05, 4.69) is 12.1 Å². The van der Waals surface area contributed by atoms with E-state index in [9.17, 15) is 9.18 Å². The quantitative estimate of drug-likeness (QED) is 0.766. The molecule has 0 aliphatic carbocycles. The zero-order chi connectivity index (χ0) is 13.7. The van der Waals surface area contributed by atoms with Crippen molar-refractivity contribution in [2.45, 2.75) is 6.42 Å². The van der Waals surface area contributed by atoms with E-state index in [1.165, 1.54) is 11.6 Å². The van der Waals surface area contributed by atoms with Gasteiger partial charge in [0.2, 0.25) is 0 Å². The molecule has 0 spiro atoms. The van der Waals surface area contributed by atoms with Gasteiger partial charge in [-0.25, -0.2) is 4.39 Å². The van der Waals surface area contributed by atoms with Gasteiger partial charge in [0, 0.05) is 19.2 Å². The van der Waals surface area contributed by atoms with Gasteiger partial charge in [-0.2, -0.15) is 0 Å². The van der Waals surface area contributed by atoms with Crippen molar-refractivity contribution < 1.29 is 9.18 Å². The van der Waals surface area contributed by atoms with Crippen LogP contribution in [0.4, 0.5) is 10.1 Å². The minimum atomic E-state index is -0.361. The Labute approximate surface area is 112 Å². The van der Waals surface area contributed by atoms with Gasteiger partial charge in [0.05, 0.1) is 5.69 Å². The smallest absolute Gasteiger partial charge is 0.150 e. The van der Waals surface area contributed by atoms with Crippen molar-refractivity contribution in [2.75, 3.05) is 18.5 Å². The fourth-order valence-corrected chi connectivity index (χ4v) is 1.97. The van der Waals surface area contributed by atoms with Crippen molar-refractivity contribution in [1.29, 1.82) is 0 Å². The minimum absolute atomic E-state index is 0.359. The molecule has 0 saturated carbocycles. The van der Waals surface area contributed by atoms with Crippen LogP contribution in [0.25, 0.3) is 0 Å². The third kappa shape index (κ3) is 3.41. The highest BCUT2D eigenvalue weighted by Crippen LogP contribution is 2.19. The second kappa shape index (κ2) is 6.14. The topological polar surface area (TPSA) is 20.3 Å². The molecule has 0 aliphatic heterocycles. The van der Waals surface area contributed by atoms with Crippen LogP contribution in [-0.4, -0.2) is 19.9 Å². The predicted molar refractivity (Wildman–Crippen MR) is 75.2 cm³/mol. The zero-order valence-corrected chi connectivity index (χ0v) is 10.8. The average molecular weight is 257 g/mol. The van der Waals surface area contributed by atoms with Crippen molar-refractivity contribution in [3.63, 3.8) is 0 Å². The lowest BCUT2D eigenvalue weighted by Crippen LogP contribution is -2.21. The maximum absolute atomic E-state index is 13.8. The first-order valence-electron chi connectivity index (χ1n) is 6.20. The standard InChI is InChI=1S/C16H16FNO/c1-18(10-9-13-5-3-2-4-6-13)16-8-7-14(12-19)11-15(16)17/h2-8,11-12H,9-10H2,1H3. The Kier molecular flexibility index (Phi) is 4.29. The van der Waals surface area contributed by atoms with Crippen molar-refractivity contribution in [3.8, 4) is 0 Å². The molecular weight excluding hydrogens is 241 g/mol. The maximum Gasteiger partial charge on any atom is 0.150 e. The molecule has 2 aromatic rings. The highest BCUT2D eigenvalue weighted by Gasteiger charge is 2.08. The molecule has 98 valence electrons. The fourth-order valence-electron chi connectivity index (χ4n) is 1.97. The molecule has 2 rings (SSSR count). The molecule has 2 nitrogen and oxygen atoms in total. The van der Waals surface area contributed by atoms with Gasteiger partial charge in [-0.3, -0.25) is 4.79 Å². The Morgan fingerprint density at radius 3 is 2.53 bits per heavy atom. The van der Waals surface area contributed by atoms with Crippen LogP contribution in [-0.2, 0) is 6.42 Å². The summed E-state index contributed by atoms with van der Waals surface area (Å²) in [6, 6.07) is 14.6. The number of halogens is 1. The number of benzene rings is 2. The monoisotopic (exact) mass is 257 g/mol. The number of rotatable bonds is 5. The predicted octanol–water partition coefficient (Wildman–Crippen LogP) is 3.32. The first kappa shape index (κ1) is 13.3. The van der Waals surface area contributed by atoms with Crippen LogP contribution in [0.15, 0.2) is 48.5 Å². The number of anilines is 1. The average Bonchev–Trinajstić information content (AvgIpc) is 2.45. The third-order valence-electron chi connectivity index (χ3n) is 3.10. The fraction of sp³-hybridized carbons (Fsp3) is 0.188. The molecule has 0 atom stereocenters. The molecule has 0 fully saturated rings. The maximum atomic E-state index is 13.8. The van der Waals surface area contributed by atoms with E-state index in [0.717, 1.165) is 13.0 Å². The first-order valence-corrected chi connectivity index (χ1v) is 6.20. The lowest BCUT2D eigenvalue weighted by molar-refractivity contribution is 0.112. The van der Waals surface area contributed by atoms with E-state index in [-0.39, 0.29) is 5.82 Å². The SMILES string of the molecule is CN(CCc1ccccc1)c1ccc(C=O)cc1F. The van der Waals surface area contributed by atoms with Crippen LogP contribution in [0.1, 0.15) is 15.9 Å². The van der Waals surface area contributed by atoms with E-state index in [4.69, 9.17) is 0 Å². The summed E-state index contributed by atoms with van der Waals surface area (Å²) >= 11 is 0. The summed E-state index contributed by atoms with van der Waals surface area (Å²) < 4.78 is 13.8. The second-order valence-corrected chi connectivity index (χ2v) is 4.49. The number of aldehydes is 1. The van der Waals surface area contributed by atoms with E-state index in [0.29, 0.717) is 17.5 Å². The number of carbonyl (C=O) groups excluding carboxylic acids is 1. The van der Waals surface area contributed by atoms with Gasteiger partial charge in [-0.15, -0.1) is 0 Å². The summed E-state index contributed by atoms with van der Waals surface area (Å²) in [6.45, 7) is 0.724. The molecule has 0 N–H and O–H groups in total. The lowest BCUT2D eigenvalue weighted by Gasteiger charge is -2.20. The van der Waals surface area contributed by atoms with Gasteiger partial charge < -0.3 is 4.90 Å². The van der Waals surface area contributed by atoms with Crippen LogP contribution in [0, 0.1) is 5.82 Å². The summed E-state index contributed by atoms with van der Waals surface area (Å²) in [7, 11) is 1.85. The Hall–Kier alpha value is -2.16. The highest BCUT2D eigenvalue weighted by atomic mass is 19.1. The Bertz CT molecular complexity index is 554. The molecule has 0 radical (unpaired) electrons. The highest BCUT2D eigenvalue weighted by molar-refractivity contribution is 5.75. The molecule has 19 heavy (non-hydrogen) atoms. The minimum Gasteiger partial charge on any atom is -0.372 e. The Morgan fingerprint density at radius 2 is 1.89 bits per heavy atom. The van der Waals surface area contributed by atoms with E-state index < -0.39 is 0 Å². The van der Waals surface area contributed by atoms with E-state index in [1.54, 1.807) is 12.1 Å². The van der Waals surface area contributed by atoms with Crippen LogP contribution in [0.2, 0.25) is 0 Å². The van der Waals surface area contributed by atoms with E-state index in [1.807, 2.05) is 30.1 Å². The molecule has 3 heteroatoms. The zero-order valence-electron chi connectivity index (χ0n) is 10.8. The number of hydrogen-bond acceptors (Lipinski definition) is 2. The molecule has 0 aromatic heterocycles. The number of carbonyl (C=O) groups is 1. The van der Waals surface area contributed by atoms with Gasteiger partial charge in [-0.1, -0.05) is 30.3 Å². The second-order valence-electron chi connectivity index (χ2n) is 4.49. The van der Waals surface area contributed by atoms with E-state index >= 15 is 0 Å². The van der Waals surface area contributed by atoms with Crippen molar-refractivity contribution >= 4 is 12.0 Å². The van der Waals surface area contributed by atoms with Gasteiger partial charge in [-0.05, 0) is 30.2 Å². The first-order chi connectivity index (χ1) is 9.20. The third-order valence-corrected chi connectivity index (χ3v) is 3.10. The molecular formula is C16H16FNO.